The molecular weight excluding hydrogens is 232 g/mol. The fourth-order valence-electron chi connectivity index (χ4n) is 2.44. The van der Waals surface area contributed by atoms with E-state index in [4.69, 9.17) is 12.2 Å². The van der Waals surface area contributed by atoms with Crippen LogP contribution in [0, 0.1) is 10.7 Å². The molecule has 96 valence electrons. The molecule has 17 heavy (non-hydrogen) atoms. The van der Waals surface area contributed by atoms with Gasteiger partial charge >= 0.3 is 0 Å². The fraction of sp³-hybridized carbons (Fsp3) is 0.833. The Morgan fingerprint density at radius 3 is 3.00 bits per heavy atom. The Morgan fingerprint density at radius 1 is 1.41 bits per heavy atom. The predicted octanol–water partition coefficient (Wildman–Crippen LogP) is 2.98. The Hall–Kier alpha value is -0.840. The van der Waals surface area contributed by atoms with Gasteiger partial charge in [0, 0.05) is 19.6 Å². The number of H-pyrrole nitrogens is 1. The number of aromatic nitrogens is 3. The first-order valence-electron chi connectivity index (χ1n) is 6.62. The third-order valence-electron chi connectivity index (χ3n) is 3.48. The number of anilines is 1. The highest BCUT2D eigenvalue weighted by molar-refractivity contribution is 7.71. The monoisotopic (exact) mass is 254 g/mol. The van der Waals surface area contributed by atoms with Crippen LogP contribution in [0.5, 0.6) is 0 Å². The van der Waals surface area contributed by atoms with Gasteiger partial charge in [0.1, 0.15) is 0 Å². The lowest BCUT2D eigenvalue weighted by molar-refractivity contribution is 0.520. The first kappa shape index (κ1) is 12.6. The Bertz CT molecular complexity index is 409. The number of hydrogen-bond donors (Lipinski definition) is 1. The van der Waals surface area contributed by atoms with Crippen molar-refractivity contribution in [3.63, 3.8) is 0 Å². The van der Waals surface area contributed by atoms with E-state index in [-0.39, 0.29) is 0 Å². The molecule has 1 N–H and O–H groups in total. The van der Waals surface area contributed by atoms with Crippen molar-refractivity contribution in [1.82, 2.24) is 14.8 Å². The van der Waals surface area contributed by atoms with E-state index >= 15 is 0 Å². The molecular formula is C12H22N4S. The first-order chi connectivity index (χ1) is 8.22. The zero-order valence-electron chi connectivity index (χ0n) is 10.8. The molecule has 0 radical (unpaired) electrons. The lowest BCUT2D eigenvalue weighted by Crippen LogP contribution is -2.27. The molecule has 1 aromatic heterocycles. The molecule has 1 fully saturated rings. The number of nitrogens with zero attached hydrogens (tertiary/aromatic N) is 3. The van der Waals surface area contributed by atoms with E-state index in [1.807, 2.05) is 0 Å². The van der Waals surface area contributed by atoms with Crippen LogP contribution in [0.25, 0.3) is 0 Å². The van der Waals surface area contributed by atoms with Crippen LogP contribution in [0.15, 0.2) is 0 Å². The average Bonchev–Trinajstić information content (AvgIpc) is 2.54. The third kappa shape index (κ3) is 2.89. The van der Waals surface area contributed by atoms with E-state index in [1.54, 1.807) is 0 Å². The van der Waals surface area contributed by atoms with Crippen LogP contribution in [0.2, 0.25) is 0 Å². The summed E-state index contributed by atoms with van der Waals surface area (Å²) in [7, 11) is 0. The number of hydrogen-bond acceptors (Lipinski definition) is 3. The van der Waals surface area contributed by atoms with E-state index in [1.165, 1.54) is 19.3 Å². The van der Waals surface area contributed by atoms with Gasteiger partial charge < -0.3 is 4.90 Å². The quantitative estimate of drug-likeness (QED) is 0.843. The lowest BCUT2D eigenvalue weighted by atomic mass is 10.0. The summed E-state index contributed by atoms with van der Waals surface area (Å²) in [6.07, 6.45) is 4.93. The summed E-state index contributed by atoms with van der Waals surface area (Å²) in [5.74, 6) is 1.87. The fourth-order valence-corrected chi connectivity index (χ4v) is 2.66. The van der Waals surface area contributed by atoms with Crippen LogP contribution in [-0.4, -0.2) is 27.9 Å². The maximum atomic E-state index is 5.28. The molecule has 2 rings (SSSR count). The van der Waals surface area contributed by atoms with Crippen molar-refractivity contribution in [2.75, 3.05) is 18.0 Å². The van der Waals surface area contributed by atoms with Crippen molar-refractivity contribution < 1.29 is 0 Å². The molecule has 1 atom stereocenters. The van der Waals surface area contributed by atoms with Gasteiger partial charge in [0.25, 0.3) is 0 Å². The largest absolute Gasteiger partial charge is 0.341 e. The van der Waals surface area contributed by atoms with Gasteiger partial charge in [-0.1, -0.05) is 13.8 Å². The minimum Gasteiger partial charge on any atom is -0.341 e. The van der Waals surface area contributed by atoms with Gasteiger partial charge in [0.15, 0.2) is 4.77 Å². The molecule has 1 aliphatic heterocycles. The smallest absolute Gasteiger partial charge is 0.225 e. The normalized spacial score (nSPS) is 21.5. The van der Waals surface area contributed by atoms with Crippen LogP contribution in [0.3, 0.4) is 0 Å². The maximum Gasteiger partial charge on any atom is 0.225 e. The summed E-state index contributed by atoms with van der Waals surface area (Å²) in [5, 5.41) is 7.32. The van der Waals surface area contributed by atoms with Crippen LogP contribution in [-0.2, 0) is 6.54 Å². The van der Waals surface area contributed by atoms with Crippen molar-refractivity contribution in [2.45, 2.75) is 46.1 Å². The summed E-state index contributed by atoms with van der Waals surface area (Å²) >= 11 is 5.28. The Balaban J connectivity index is 2.18. The van der Waals surface area contributed by atoms with Gasteiger partial charge in [-0.3, -0.25) is 4.57 Å². The van der Waals surface area contributed by atoms with Crippen molar-refractivity contribution >= 4 is 18.2 Å². The van der Waals surface area contributed by atoms with Crippen molar-refractivity contribution in [3.05, 3.63) is 4.77 Å². The standard InChI is InChI=1S/C12H22N4S/c1-3-7-16-11(13-14-12(16)17)15-8-4-5-10(2)6-9-15/h10H,3-9H2,1-2H3,(H,14,17). The van der Waals surface area contributed by atoms with E-state index in [9.17, 15) is 0 Å². The van der Waals surface area contributed by atoms with Gasteiger partial charge in [0.05, 0.1) is 0 Å². The minimum atomic E-state index is 0.749. The molecule has 0 aromatic carbocycles. The number of nitrogens with one attached hydrogen (secondary N) is 1. The molecule has 5 heteroatoms. The molecule has 0 saturated carbocycles. The first-order valence-corrected chi connectivity index (χ1v) is 7.03. The van der Waals surface area contributed by atoms with Crippen molar-refractivity contribution in [1.29, 1.82) is 0 Å². The number of aromatic amines is 1. The topological polar surface area (TPSA) is 36.9 Å². The Labute approximate surface area is 108 Å². The summed E-state index contributed by atoms with van der Waals surface area (Å²) in [4.78, 5) is 2.38. The highest BCUT2D eigenvalue weighted by atomic mass is 32.1. The summed E-state index contributed by atoms with van der Waals surface area (Å²) < 4.78 is 2.88. The third-order valence-corrected chi connectivity index (χ3v) is 3.80. The number of rotatable bonds is 3. The van der Waals surface area contributed by atoms with E-state index in [0.717, 1.165) is 42.7 Å². The summed E-state index contributed by atoms with van der Waals surface area (Å²) in [5.41, 5.74) is 0. The van der Waals surface area contributed by atoms with E-state index in [2.05, 4.69) is 33.5 Å². The molecule has 0 spiro atoms. The molecule has 4 nitrogen and oxygen atoms in total. The van der Waals surface area contributed by atoms with Gasteiger partial charge in [-0.15, -0.1) is 5.10 Å². The summed E-state index contributed by atoms with van der Waals surface area (Å²) in [6.45, 7) is 7.67. The van der Waals surface area contributed by atoms with E-state index in [0.29, 0.717) is 0 Å². The van der Waals surface area contributed by atoms with Crippen LogP contribution < -0.4 is 4.90 Å². The van der Waals surface area contributed by atoms with Gasteiger partial charge in [-0.05, 0) is 43.8 Å². The van der Waals surface area contributed by atoms with Gasteiger partial charge in [-0.2, -0.15) is 0 Å². The molecule has 1 aliphatic rings. The summed E-state index contributed by atoms with van der Waals surface area (Å²) in [6, 6.07) is 0. The highest BCUT2D eigenvalue weighted by Crippen LogP contribution is 2.21. The SMILES string of the molecule is CCCn1c(N2CCCC(C)CC2)n[nH]c1=S. The highest BCUT2D eigenvalue weighted by Gasteiger charge is 2.18. The van der Waals surface area contributed by atoms with Gasteiger partial charge in [-0.25, -0.2) is 5.10 Å². The average molecular weight is 254 g/mol. The zero-order chi connectivity index (χ0) is 12.3. The second-order valence-corrected chi connectivity index (χ2v) is 5.39. The minimum absolute atomic E-state index is 0.749. The van der Waals surface area contributed by atoms with Crippen LogP contribution in [0.4, 0.5) is 5.95 Å². The molecule has 0 bridgehead atoms. The molecule has 1 aromatic rings. The molecule has 0 aliphatic carbocycles. The molecule has 0 amide bonds. The molecule has 2 heterocycles. The van der Waals surface area contributed by atoms with E-state index < -0.39 is 0 Å². The maximum absolute atomic E-state index is 5.28. The van der Waals surface area contributed by atoms with Gasteiger partial charge in [0.2, 0.25) is 5.95 Å². The Morgan fingerprint density at radius 2 is 2.24 bits per heavy atom. The second-order valence-electron chi connectivity index (χ2n) is 5.00. The lowest BCUT2D eigenvalue weighted by Gasteiger charge is -2.21. The Kier molecular flexibility index (Phi) is 4.20. The van der Waals surface area contributed by atoms with Crippen molar-refractivity contribution in [3.8, 4) is 0 Å². The van der Waals surface area contributed by atoms with Crippen molar-refractivity contribution in [2.24, 2.45) is 5.92 Å². The molecule has 1 unspecified atom stereocenters. The predicted molar refractivity (Wildman–Crippen MR) is 72.9 cm³/mol. The van der Waals surface area contributed by atoms with Crippen LogP contribution in [0.1, 0.15) is 39.5 Å². The second kappa shape index (κ2) is 5.67. The molecule has 1 saturated heterocycles. The zero-order valence-corrected chi connectivity index (χ0v) is 11.6. The van der Waals surface area contributed by atoms with Crippen LogP contribution >= 0.6 is 12.2 Å².